The largest absolute Gasteiger partial charge is 0.545 e. The van der Waals surface area contributed by atoms with Crippen LogP contribution in [0.4, 0.5) is 0 Å². The lowest BCUT2D eigenvalue weighted by atomic mass is 9.91. The van der Waals surface area contributed by atoms with E-state index in [4.69, 9.17) is 5.11 Å². The number of rotatable bonds is 9. The standard InChI is InChI=1S/C20H29NO.C4H4O4/c1-3-11-21(12-4-2)14-19(22)20-17-9-5-7-15(17)13-16-8-6-10-18(16)20;5-3(6)1-2-4(7)8/h13H,3-12,14H2,1-2H3;1-2H,(H,5,6)(H,7,8)/b;2-1-. The van der Waals surface area contributed by atoms with Crippen LogP contribution >= 0.6 is 0 Å². The first-order chi connectivity index (χ1) is 14.4. The molecule has 0 atom stereocenters. The van der Waals surface area contributed by atoms with Crippen molar-refractivity contribution in [2.45, 2.75) is 65.2 Å². The molecule has 0 aromatic heterocycles. The van der Waals surface area contributed by atoms with Gasteiger partial charge in [0.25, 0.3) is 0 Å². The van der Waals surface area contributed by atoms with Gasteiger partial charge in [-0.1, -0.05) is 19.9 Å². The number of carbonyl (C=O) groups is 3. The van der Waals surface area contributed by atoms with Gasteiger partial charge in [0.05, 0.1) is 19.1 Å². The summed E-state index contributed by atoms with van der Waals surface area (Å²) in [7, 11) is 0. The van der Waals surface area contributed by atoms with E-state index in [2.05, 4.69) is 19.9 Å². The van der Waals surface area contributed by atoms with Crippen LogP contribution in [0.2, 0.25) is 0 Å². The van der Waals surface area contributed by atoms with Crippen LogP contribution in [0.15, 0.2) is 18.2 Å². The number of aryl methyl sites for hydroxylation is 2. The van der Waals surface area contributed by atoms with Gasteiger partial charge in [0.2, 0.25) is 5.78 Å². The van der Waals surface area contributed by atoms with Crippen LogP contribution in [0.3, 0.4) is 0 Å². The molecule has 0 aliphatic heterocycles. The fourth-order valence-electron chi connectivity index (χ4n) is 4.62. The van der Waals surface area contributed by atoms with E-state index in [-0.39, 0.29) is 0 Å². The average Bonchev–Trinajstić information content (AvgIpc) is 3.34. The van der Waals surface area contributed by atoms with Gasteiger partial charge in [0.15, 0.2) is 0 Å². The van der Waals surface area contributed by atoms with Gasteiger partial charge in [-0.25, -0.2) is 4.79 Å². The second-order valence-corrected chi connectivity index (χ2v) is 8.07. The van der Waals surface area contributed by atoms with E-state index in [9.17, 15) is 19.5 Å². The number of hydrogen-bond acceptors (Lipinski definition) is 4. The molecular weight excluding hydrogens is 382 g/mol. The second-order valence-electron chi connectivity index (χ2n) is 8.07. The maximum absolute atomic E-state index is 13.1. The number of fused-ring (bicyclic) bond motifs is 2. The molecule has 30 heavy (non-hydrogen) atoms. The minimum atomic E-state index is -1.51. The highest BCUT2D eigenvalue weighted by atomic mass is 16.4. The molecule has 2 N–H and O–H groups in total. The summed E-state index contributed by atoms with van der Waals surface area (Å²) < 4.78 is 0. The topological polar surface area (TPSA) is 98.9 Å². The number of nitrogens with one attached hydrogen (secondary N) is 1. The molecule has 0 radical (unpaired) electrons. The number of aliphatic carboxylic acids is 2. The number of quaternary nitrogens is 1. The fourth-order valence-corrected chi connectivity index (χ4v) is 4.62. The first-order valence-corrected chi connectivity index (χ1v) is 11.0. The Bertz CT molecular complexity index is 758. The van der Waals surface area contributed by atoms with Crippen molar-refractivity contribution in [2.75, 3.05) is 19.6 Å². The zero-order chi connectivity index (χ0) is 22.1. The van der Waals surface area contributed by atoms with Gasteiger partial charge >= 0.3 is 5.97 Å². The molecule has 6 heteroatoms. The number of carboxylic acids is 2. The van der Waals surface area contributed by atoms with Crippen molar-refractivity contribution in [3.63, 3.8) is 0 Å². The lowest BCUT2D eigenvalue weighted by molar-refractivity contribution is -0.891. The molecule has 0 saturated heterocycles. The van der Waals surface area contributed by atoms with Crippen molar-refractivity contribution in [2.24, 2.45) is 0 Å². The maximum Gasteiger partial charge on any atom is 0.328 e. The highest BCUT2D eigenvalue weighted by Crippen LogP contribution is 2.35. The predicted molar refractivity (Wildman–Crippen MR) is 113 cm³/mol. The Balaban J connectivity index is 0.000000343. The quantitative estimate of drug-likeness (QED) is 0.462. The van der Waals surface area contributed by atoms with Crippen molar-refractivity contribution in [1.29, 1.82) is 0 Å². The normalized spacial score (nSPS) is 14.4. The Hall–Kier alpha value is -2.47. The number of carbonyl (C=O) groups excluding carboxylic acids is 2. The molecule has 1 aromatic rings. The van der Waals surface area contributed by atoms with E-state index >= 15 is 0 Å². The Morgan fingerprint density at radius 2 is 1.50 bits per heavy atom. The molecule has 0 bridgehead atoms. The van der Waals surface area contributed by atoms with E-state index in [0.29, 0.717) is 24.5 Å². The molecular formula is C24H33NO5. The Kier molecular flexibility index (Phi) is 9.24. The Morgan fingerprint density at radius 1 is 0.967 bits per heavy atom. The van der Waals surface area contributed by atoms with Gasteiger partial charge in [-0.2, -0.15) is 0 Å². The van der Waals surface area contributed by atoms with Crippen molar-refractivity contribution >= 4 is 17.7 Å². The van der Waals surface area contributed by atoms with Crippen molar-refractivity contribution in [1.82, 2.24) is 0 Å². The highest BCUT2D eigenvalue weighted by molar-refractivity contribution is 6.00. The average molecular weight is 416 g/mol. The van der Waals surface area contributed by atoms with Crippen LogP contribution in [0.25, 0.3) is 0 Å². The number of Topliss-reactive ketones (excluding diaryl/α,β-unsaturated/α-hetero) is 1. The van der Waals surface area contributed by atoms with Gasteiger partial charge in [-0.05, 0) is 79.7 Å². The predicted octanol–water partition coefficient (Wildman–Crippen LogP) is 0.929. The summed E-state index contributed by atoms with van der Waals surface area (Å²) in [5.41, 5.74) is 6.95. The number of carboxylic acid groups (broad SMARTS) is 2. The molecule has 1 aromatic carbocycles. The summed E-state index contributed by atoms with van der Waals surface area (Å²) in [5.74, 6) is -2.38. The lowest BCUT2D eigenvalue weighted by Gasteiger charge is -2.20. The van der Waals surface area contributed by atoms with E-state index in [1.54, 1.807) is 0 Å². The number of ketones is 1. The molecule has 6 nitrogen and oxygen atoms in total. The van der Waals surface area contributed by atoms with Gasteiger partial charge in [0, 0.05) is 11.6 Å². The van der Waals surface area contributed by atoms with E-state index < -0.39 is 11.9 Å². The zero-order valence-corrected chi connectivity index (χ0v) is 18.1. The summed E-state index contributed by atoms with van der Waals surface area (Å²) in [6.07, 6.45) is 10.4. The minimum absolute atomic E-state index is 0.425. The number of benzene rings is 1. The van der Waals surface area contributed by atoms with Crippen LogP contribution in [0.5, 0.6) is 0 Å². The highest BCUT2D eigenvalue weighted by Gasteiger charge is 2.28. The minimum Gasteiger partial charge on any atom is -0.545 e. The van der Waals surface area contributed by atoms with Gasteiger partial charge in [-0.3, -0.25) is 4.79 Å². The number of hydrogen-bond donors (Lipinski definition) is 2. The summed E-state index contributed by atoms with van der Waals surface area (Å²) in [6, 6.07) is 2.42. The molecule has 164 valence electrons. The zero-order valence-electron chi connectivity index (χ0n) is 18.1. The molecule has 0 fully saturated rings. The third-order valence-corrected chi connectivity index (χ3v) is 5.73. The van der Waals surface area contributed by atoms with E-state index in [1.165, 1.54) is 52.8 Å². The molecule has 0 saturated carbocycles. The smallest absolute Gasteiger partial charge is 0.328 e. The van der Waals surface area contributed by atoms with Crippen LogP contribution < -0.4 is 10.0 Å². The van der Waals surface area contributed by atoms with Gasteiger partial charge < -0.3 is 19.9 Å². The van der Waals surface area contributed by atoms with Crippen LogP contribution in [-0.2, 0) is 35.3 Å². The van der Waals surface area contributed by atoms with Crippen molar-refractivity contribution in [3.8, 4) is 0 Å². The fraction of sp³-hybridized carbons (Fsp3) is 0.542. The van der Waals surface area contributed by atoms with Crippen LogP contribution in [0.1, 0.15) is 72.1 Å². The first-order valence-electron chi connectivity index (χ1n) is 11.0. The van der Waals surface area contributed by atoms with Crippen LogP contribution in [0, 0.1) is 0 Å². The SMILES string of the molecule is CCC[NH+](CCC)CC(=O)c1c2c(cc3c1CCC3)CCC2.O=C([O-])/C=C\C(=O)O. The van der Waals surface area contributed by atoms with Crippen molar-refractivity contribution in [3.05, 3.63) is 46.0 Å². The molecule has 2 aliphatic rings. The summed E-state index contributed by atoms with van der Waals surface area (Å²) in [4.78, 5) is 33.5. The first kappa shape index (κ1) is 23.8. The lowest BCUT2D eigenvalue weighted by Crippen LogP contribution is -3.12. The molecule has 0 heterocycles. The summed E-state index contributed by atoms with van der Waals surface area (Å²) in [5, 5.41) is 17.2. The van der Waals surface area contributed by atoms with Crippen LogP contribution in [-0.4, -0.2) is 42.5 Å². The molecule has 0 unspecified atom stereocenters. The molecule has 2 aliphatic carbocycles. The van der Waals surface area contributed by atoms with Gasteiger partial charge in [0.1, 0.15) is 6.54 Å². The van der Waals surface area contributed by atoms with Gasteiger partial charge in [-0.15, -0.1) is 0 Å². The maximum atomic E-state index is 13.1. The molecule has 0 amide bonds. The molecule has 3 rings (SSSR count). The third kappa shape index (κ3) is 6.52. The summed E-state index contributed by atoms with van der Waals surface area (Å²) >= 11 is 0. The Morgan fingerprint density at radius 3 is 1.90 bits per heavy atom. The van der Waals surface area contributed by atoms with E-state index in [0.717, 1.165) is 44.3 Å². The second kappa shape index (κ2) is 11.6. The third-order valence-electron chi connectivity index (χ3n) is 5.73. The molecule has 0 spiro atoms. The monoisotopic (exact) mass is 415 g/mol. The van der Waals surface area contributed by atoms with E-state index in [1.807, 2.05) is 0 Å². The Labute approximate surface area is 178 Å². The summed E-state index contributed by atoms with van der Waals surface area (Å²) in [6.45, 7) is 7.38. The van der Waals surface area contributed by atoms with Crippen molar-refractivity contribution < 1.29 is 29.5 Å².